The average molecular weight is 313 g/mol. The Bertz CT molecular complexity index is 726. The number of amides is 1. The number of hydrogen-bond acceptors (Lipinski definition) is 5. The van der Waals surface area contributed by atoms with Crippen LogP contribution in [0.4, 0.5) is 0 Å². The molecule has 0 aliphatic heterocycles. The molecule has 0 bridgehead atoms. The van der Waals surface area contributed by atoms with E-state index in [4.69, 9.17) is 0 Å². The van der Waals surface area contributed by atoms with Crippen molar-refractivity contribution >= 4 is 29.4 Å². The summed E-state index contributed by atoms with van der Waals surface area (Å²) in [7, 11) is 0. The number of carbonyl (C=O) groups excluding carboxylic acids is 2. The lowest BCUT2D eigenvalue weighted by Gasteiger charge is -2.01. The van der Waals surface area contributed by atoms with Crippen molar-refractivity contribution in [1.29, 1.82) is 0 Å². The molecular weight excluding hydrogens is 300 g/mol. The number of aryl methyl sites for hydroxylation is 2. The standard InChI is InChI=1S/C16H14N2O3S/c19-15(14-8-12-2-1-3-13(12)22-14)18-17-9-10-4-6-11(7-5-10)16(20)21/h4-9H,1-3H2,(H,18,19)(H,20,21)/p-1/b17-9-. The van der Waals surface area contributed by atoms with Gasteiger partial charge in [0.15, 0.2) is 0 Å². The second-order valence-electron chi connectivity index (χ2n) is 5.02. The number of fused-ring (bicyclic) bond motifs is 1. The topological polar surface area (TPSA) is 81.6 Å². The third kappa shape index (κ3) is 3.07. The SMILES string of the molecule is O=C([O-])c1ccc(/C=N\NC(=O)c2cc3c(s2)CCC3)cc1. The van der Waals surface area contributed by atoms with Crippen molar-refractivity contribution < 1.29 is 14.7 Å². The molecule has 1 aliphatic rings. The van der Waals surface area contributed by atoms with Crippen LogP contribution in [0, 0.1) is 0 Å². The zero-order valence-corrected chi connectivity index (χ0v) is 12.5. The highest BCUT2D eigenvalue weighted by atomic mass is 32.1. The first-order valence-corrected chi connectivity index (χ1v) is 7.71. The van der Waals surface area contributed by atoms with E-state index in [9.17, 15) is 14.7 Å². The number of carboxylic acid groups (broad SMARTS) is 1. The Kier molecular flexibility index (Phi) is 4.02. The van der Waals surface area contributed by atoms with Crippen molar-refractivity contribution in [3.63, 3.8) is 0 Å². The molecule has 0 saturated carbocycles. The molecule has 3 rings (SSSR count). The number of carboxylic acids is 1. The number of hydrazone groups is 1. The molecule has 0 fully saturated rings. The fourth-order valence-corrected chi connectivity index (χ4v) is 3.51. The molecule has 112 valence electrons. The van der Waals surface area contributed by atoms with Gasteiger partial charge in [-0.25, -0.2) is 5.43 Å². The average Bonchev–Trinajstić information content (AvgIpc) is 3.09. The Labute approximate surface area is 131 Å². The summed E-state index contributed by atoms with van der Waals surface area (Å²) in [5.74, 6) is -1.44. The van der Waals surface area contributed by atoms with Gasteiger partial charge >= 0.3 is 0 Å². The number of nitrogens with zero attached hydrogens (tertiary/aromatic N) is 1. The Hall–Kier alpha value is -2.47. The monoisotopic (exact) mass is 313 g/mol. The summed E-state index contributed by atoms with van der Waals surface area (Å²) in [5, 5.41) is 14.5. The Morgan fingerprint density at radius 2 is 2.00 bits per heavy atom. The van der Waals surface area contributed by atoms with Crippen molar-refractivity contribution in [2.75, 3.05) is 0 Å². The lowest BCUT2D eigenvalue weighted by Crippen LogP contribution is -2.22. The molecule has 1 N–H and O–H groups in total. The third-order valence-corrected chi connectivity index (χ3v) is 4.73. The number of rotatable bonds is 4. The minimum atomic E-state index is -1.22. The zero-order valence-electron chi connectivity index (χ0n) is 11.7. The van der Waals surface area contributed by atoms with Gasteiger partial charge in [0.1, 0.15) is 0 Å². The number of aromatic carboxylic acids is 1. The smallest absolute Gasteiger partial charge is 0.281 e. The van der Waals surface area contributed by atoms with E-state index in [1.54, 1.807) is 12.1 Å². The van der Waals surface area contributed by atoms with Crippen LogP contribution < -0.4 is 10.5 Å². The third-order valence-electron chi connectivity index (χ3n) is 3.50. The summed E-state index contributed by atoms with van der Waals surface area (Å²) in [6, 6.07) is 8.00. The number of carbonyl (C=O) groups is 2. The first-order valence-electron chi connectivity index (χ1n) is 6.90. The highest BCUT2D eigenvalue weighted by Crippen LogP contribution is 2.30. The summed E-state index contributed by atoms with van der Waals surface area (Å²) in [5.41, 5.74) is 4.56. The van der Waals surface area contributed by atoms with E-state index in [1.807, 2.05) is 6.07 Å². The van der Waals surface area contributed by atoms with Gasteiger partial charge in [0.05, 0.1) is 17.1 Å². The normalized spacial score (nSPS) is 13.3. The summed E-state index contributed by atoms with van der Waals surface area (Å²) in [6.45, 7) is 0. The second-order valence-corrected chi connectivity index (χ2v) is 6.16. The molecule has 1 heterocycles. The summed E-state index contributed by atoms with van der Waals surface area (Å²) in [4.78, 5) is 24.6. The van der Waals surface area contributed by atoms with E-state index in [2.05, 4.69) is 10.5 Å². The molecule has 1 aromatic heterocycles. The summed E-state index contributed by atoms with van der Waals surface area (Å²) >= 11 is 1.52. The van der Waals surface area contributed by atoms with E-state index in [0.29, 0.717) is 10.4 Å². The lowest BCUT2D eigenvalue weighted by molar-refractivity contribution is -0.255. The molecule has 0 atom stereocenters. The van der Waals surface area contributed by atoms with Crippen LogP contribution in [0.1, 0.15) is 42.5 Å². The van der Waals surface area contributed by atoms with Crippen LogP contribution in [-0.2, 0) is 12.8 Å². The Morgan fingerprint density at radius 1 is 1.23 bits per heavy atom. The van der Waals surface area contributed by atoms with Crippen molar-refractivity contribution in [3.8, 4) is 0 Å². The molecular formula is C16H13N2O3S-. The number of thiophene rings is 1. The second kappa shape index (κ2) is 6.11. The van der Waals surface area contributed by atoms with Crippen molar-refractivity contribution in [3.05, 3.63) is 56.8 Å². The number of benzene rings is 1. The zero-order chi connectivity index (χ0) is 15.5. The van der Waals surface area contributed by atoms with Gasteiger partial charge in [-0.2, -0.15) is 5.10 Å². The molecule has 1 amide bonds. The number of hydrogen-bond donors (Lipinski definition) is 1. The van der Waals surface area contributed by atoms with E-state index >= 15 is 0 Å². The molecule has 0 saturated heterocycles. The van der Waals surface area contributed by atoms with Gasteiger partial charge in [-0.3, -0.25) is 4.79 Å². The van der Waals surface area contributed by atoms with Gasteiger partial charge in [-0.1, -0.05) is 24.3 Å². The predicted octanol–water partition coefficient (Wildman–Crippen LogP) is 1.36. The quantitative estimate of drug-likeness (QED) is 0.683. The number of nitrogens with one attached hydrogen (secondary N) is 1. The van der Waals surface area contributed by atoms with Gasteiger partial charge in [0.25, 0.3) is 5.91 Å². The molecule has 2 aromatic rings. The first-order chi connectivity index (χ1) is 10.6. The minimum absolute atomic E-state index is 0.106. The van der Waals surface area contributed by atoms with Gasteiger partial charge in [0.2, 0.25) is 0 Å². The van der Waals surface area contributed by atoms with Crippen LogP contribution in [0.25, 0.3) is 0 Å². The fourth-order valence-electron chi connectivity index (χ4n) is 2.37. The lowest BCUT2D eigenvalue weighted by atomic mass is 10.1. The molecule has 6 heteroatoms. The van der Waals surface area contributed by atoms with Crippen LogP contribution in [-0.4, -0.2) is 18.1 Å². The molecule has 1 aliphatic carbocycles. The van der Waals surface area contributed by atoms with Crippen molar-refractivity contribution in [2.24, 2.45) is 5.10 Å². The molecule has 5 nitrogen and oxygen atoms in total. The minimum Gasteiger partial charge on any atom is -0.545 e. The van der Waals surface area contributed by atoms with Gasteiger partial charge < -0.3 is 9.90 Å². The fraction of sp³-hybridized carbons (Fsp3) is 0.188. The van der Waals surface area contributed by atoms with E-state index in [-0.39, 0.29) is 11.5 Å². The largest absolute Gasteiger partial charge is 0.545 e. The van der Waals surface area contributed by atoms with E-state index < -0.39 is 5.97 Å². The molecule has 0 radical (unpaired) electrons. The van der Waals surface area contributed by atoms with Crippen LogP contribution in [0.3, 0.4) is 0 Å². The molecule has 0 spiro atoms. The van der Waals surface area contributed by atoms with Gasteiger partial charge in [0, 0.05) is 4.88 Å². The molecule has 1 aromatic carbocycles. The van der Waals surface area contributed by atoms with E-state index in [0.717, 1.165) is 12.8 Å². The van der Waals surface area contributed by atoms with Crippen LogP contribution in [0.2, 0.25) is 0 Å². The maximum absolute atomic E-state index is 12.0. The Balaban J connectivity index is 1.61. The van der Waals surface area contributed by atoms with Gasteiger partial charge in [-0.05, 0) is 42.0 Å². The Morgan fingerprint density at radius 3 is 2.68 bits per heavy atom. The van der Waals surface area contributed by atoms with Crippen LogP contribution in [0.5, 0.6) is 0 Å². The van der Waals surface area contributed by atoms with E-state index in [1.165, 1.54) is 46.5 Å². The maximum atomic E-state index is 12.0. The highest BCUT2D eigenvalue weighted by Gasteiger charge is 2.17. The molecule has 22 heavy (non-hydrogen) atoms. The van der Waals surface area contributed by atoms with Crippen molar-refractivity contribution in [2.45, 2.75) is 19.3 Å². The van der Waals surface area contributed by atoms with Crippen molar-refractivity contribution in [1.82, 2.24) is 5.43 Å². The summed E-state index contributed by atoms with van der Waals surface area (Å²) in [6.07, 6.45) is 4.75. The van der Waals surface area contributed by atoms with Gasteiger partial charge in [-0.15, -0.1) is 11.3 Å². The molecule has 0 unspecified atom stereocenters. The summed E-state index contributed by atoms with van der Waals surface area (Å²) < 4.78 is 0. The van der Waals surface area contributed by atoms with Crippen LogP contribution in [0.15, 0.2) is 35.4 Å². The van der Waals surface area contributed by atoms with Crippen LogP contribution >= 0.6 is 11.3 Å². The predicted molar refractivity (Wildman–Crippen MR) is 82.2 cm³/mol. The first kappa shape index (κ1) is 14.5. The highest BCUT2D eigenvalue weighted by molar-refractivity contribution is 7.14. The maximum Gasteiger partial charge on any atom is 0.281 e.